The second-order valence-electron chi connectivity index (χ2n) is 6.96. The minimum absolute atomic E-state index is 0.190. The largest absolute Gasteiger partial charge is 0.493 e. The summed E-state index contributed by atoms with van der Waals surface area (Å²) in [6.45, 7) is 7.86. The molecule has 0 aliphatic carbocycles. The number of aliphatic hydroxyl groups excluding tert-OH is 1. The van der Waals surface area contributed by atoms with Gasteiger partial charge in [-0.1, -0.05) is 6.07 Å². The van der Waals surface area contributed by atoms with Gasteiger partial charge in [-0.2, -0.15) is 0 Å². The summed E-state index contributed by atoms with van der Waals surface area (Å²) in [5, 5.41) is 10.1. The van der Waals surface area contributed by atoms with E-state index in [4.69, 9.17) is 14.2 Å². The number of benzene rings is 1. The van der Waals surface area contributed by atoms with Gasteiger partial charge in [-0.15, -0.1) is 0 Å². The van der Waals surface area contributed by atoms with E-state index in [0.717, 1.165) is 5.56 Å². The van der Waals surface area contributed by atoms with Crippen LogP contribution in [0.1, 0.15) is 26.3 Å². The van der Waals surface area contributed by atoms with E-state index >= 15 is 0 Å². The maximum atomic E-state index is 11.6. The lowest BCUT2D eigenvalue weighted by molar-refractivity contribution is -0.144. The number of hydrogen-bond acceptors (Lipinski definition) is 7. The van der Waals surface area contributed by atoms with E-state index in [2.05, 4.69) is 18.7 Å². The average molecular weight is 383 g/mol. The Balaban J connectivity index is 2.62. The molecule has 27 heavy (non-hydrogen) atoms. The van der Waals surface area contributed by atoms with Crippen molar-refractivity contribution < 1.29 is 24.1 Å². The average Bonchev–Trinajstić information content (AvgIpc) is 2.60. The van der Waals surface area contributed by atoms with Crippen molar-refractivity contribution in [2.24, 2.45) is 0 Å². The first kappa shape index (κ1) is 23.2. The summed E-state index contributed by atoms with van der Waals surface area (Å²) < 4.78 is 16.1. The molecular formula is C20H34N2O5. The highest BCUT2D eigenvalue weighted by molar-refractivity contribution is 5.71. The number of methoxy groups -OCH3 is 1. The first-order chi connectivity index (χ1) is 12.8. The van der Waals surface area contributed by atoms with Crippen LogP contribution in [-0.4, -0.2) is 80.5 Å². The molecule has 0 fully saturated rings. The minimum Gasteiger partial charge on any atom is -0.493 e. The molecule has 1 aromatic rings. The van der Waals surface area contributed by atoms with Crippen molar-refractivity contribution in [3.63, 3.8) is 0 Å². The molecule has 0 amide bonds. The number of esters is 1. The molecule has 1 rings (SSSR count). The Morgan fingerprint density at radius 1 is 1.22 bits per heavy atom. The molecule has 0 spiro atoms. The van der Waals surface area contributed by atoms with Gasteiger partial charge in [-0.3, -0.25) is 9.69 Å². The molecular weight excluding hydrogens is 348 g/mol. The summed E-state index contributed by atoms with van der Waals surface area (Å²) in [5.74, 6) is 0.939. The molecule has 0 saturated heterocycles. The SMILES string of the molecule is CCOC(=O)CN(C)Cc1ccc(OCC(O)CN(C)C(C)C)c(OC)c1. The molecule has 1 unspecified atom stereocenters. The monoisotopic (exact) mass is 382 g/mol. The van der Waals surface area contributed by atoms with Gasteiger partial charge in [0.15, 0.2) is 11.5 Å². The normalized spacial score (nSPS) is 12.5. The van der Waals surface area contributed by atoms with Gasteiger partial charge in [0.25, 0.3) is 0 Å². The van der Waals surface area contributed by atoms with Crippen LogP contribution in [0, 0.1) is 0 Å². The number of hydrogen-bond donors (Lipinski definition) is 1. The molecule has 0 aliphatic heterocycles. The van der Waals surface area contributed by atoms with Crippen LogP contribution in [0.2, 0.25) is 0 Å². The maximum absolute atomic E-state index is 11.6. The molecule has 7 nitrogen and oxygen atoms in total. The third-order valence-electron chi connectivity index (χ3n) is 4.20. The Morgan fingerprint density at radius 2 is 1.93 bits per heavy atom. The van der Waals surface area contributed by atoms with Gasteiger partial charge in [-0.05, 0) is 52.6 Å². The van der Waals surface area contributed by atoms with Crippen LogP contribution in [0.4, 0.5) is 0 Å². The highest BCUT2D eigenvalue weighted by Crippen LogP contribution is 2.28. The van der Waals surface area contributed by atoms with Crippen LogP contribution >= 0.6 is 0 Å². The van der Waals surface area contributed by atoms with Gasteiger partial charge in [0.05, 0.1) is 20.3 Å². The van der Waals surface area contributed by atoms with Crippen molar-refractivity contribution in [2.45, 2.75) is 39.5 Å². The molecule has 0 heterocycles. The Morgan fingerprint density at radius 3 is 2.52 bits per heavy atom. The fraction of sp³-hybridized carbons (Fsp3) is 0.650. The smallest absolute Gasteiger partial charge is 0.320 e. The van der Waals surface area contributed by atoms with E-state index in [-0.39, 0.29) is 19.1 Å². The van der Waals surface area contributed by atoms with Gasteiger partial charge in [0.2, 0.25) is 0 Å². The van der Waals surface area contributed by atoms with E-state index in [0.29, 0.717) is 37.2 Å². The number of carbonyl (C=O) groups is 1. The summed E-state index contributed by atoms with van der Waals surface area (Å²) in [4.78, 5) is 15.5. The molecule has 7 heteroatoms. The second-order valence-corrected chi connectivity index (χ2v) is 6.96. The van der Waals surface area contributed by atoms with Crippen molar-refractivity contribution in [3.05, 3.63) is 23.8 Å². The molecule has 154 valence electrons. The maximum Gasteiger partial charge on any atom is 0.320 e. The minimum atomic E-state index is -0.586. The van der Waals surface area contributed by atoms with Gasteiger partial charge >= 0.3 is 5.97 Å². The molecule has 0 radical (unpaired) electrons. The van der Waals surface area contributed by atoms with E-state index < -0.39 is 6.10 Å². The van der Waals surface area contributed by atoms with Crippen LogP contribution in [0.25, 0.3) is 0 Å². The van der Waals surface area contributed by atoms with Crippen molar-refractivity contribution in [1.82, 2.24) is 9.80 Å². The zero-order chi connectivity index (χ0) is 20.4. The zero-order valence-corrected chi connectivity index (χ0v) is 17.4. The topological polar surface area (TPSA) is 71.5 Å². The number of carbonyl (C=O) groups excluding carboxylic acids is 1. The lowest BCUT2D eigenvalue weighted by Gasteiger charge is -2.24. The molecule has 1 N–H and O–H groups in total. The number of nitrogens with zero attached hydrogens (tertiary/aromatic N) is 2. The molecule has 0 saturated carbocycles. The van der Waals surface area contributed by atoms with E-state index in [1.807, 2.05) is 37.2 Å². The Labute approximate surface area is 162 Å². The number of rotatable bonds is 12. The molecule has 0 aliphatic rings. The predicted molar refractivity (Wildman–Crippen MR) is 105 cm³/mol. The number of ether oxygens (including phenoxy) is 3. The summed E-state index contributed by atoms with van der Waals surface area (Å²) in [7, 11) is 5.41. The summed E-state index contributed by atoms with van der Waals surface area (Å²) in [5.41, 5.74) is 0.992. The van der Waals surface area contributed by atoms with Crippen molar-refractivity contribution in [1.29, 1.82) is 0 Å². The number of likely N-dealkylation sites (N-methyl/N-ethyl adjacent to an activating group) is 2. The first-order valence-electron chi connectivity index (χ1n) is 9.29. The Hall–Kier alpha value is -1.83. The van der Waals surface area contributed by atoms with Gasteiger partial charge in [0, 0.05) is 19.1 Å². The van der Waals surface area contributed by atoms with E-state index in [1.54, 1.807) is 14.0 Å². The summed E-state index contributed by atoms with van der Waals surface area (Å²) >= 11 is 0. The van der Waals surface area contributed by atoms with Crippen molar-refractivity contribution in [3.8, 4) is 11.5 Å². The third-order valence-corrected chi connectivity index (χ3v) is 4.20. The summed E-state index contributed by atoms with van der Waals surface area (Å²) in [6.07, 6.45) is -0.586. The van der Waals surface area contributed by atoms with Crippen LogP contribution in [0.15, 0.2) is 18.2 Å². The van der Waals surface area contributed by atoms with Crippen molar-refractivity contribution >= 4 is 5.97 Å². The zero-order valence-electron chi connectivity index (χ0n) is 17.4. The lowest BCUT2D eigenvalue weighted by Crippen LogP contribution is -2.36. The van der Waals surface area contributed by atoms with E-state index in [9.17, 15) is 9.90 Å². The van der Waals surface area contributed by atoms with E-state index in [1.165, 1.54) is 0 Å². The third kappa shape index (κ3) is 8.60. The van der Waals surface area contributed by atoms with Crippen LogP contribution in [0.3, 0.4) is 0 Å². The molecule has 0 aromatic heterocycles. The molecule has 1 aromatic carbocycles. The lowest BCUT2D eigenvalue weighted by atomic mass is 10.2. The van der Waals surface area contributed by atoms with Crippen LogP contribution in [0.5, 0.6) is 11.5 Å². The molecule has 0 bridgehead atoms. The molecule has 1 atom stereocenters. The van der Waals surface area contributed by atoms with Gasteiger partial charge < -0.3 is 24.2 Å². The fourth-order valence-corrected chi connectivity index (χ4v) is 2.51. The predicted octanol–water partition coefficient (Wildman–Crippen LogP) is 1.77. The second kappa shape index (κ2) is 11.8. The van der Waals surface area contributed by atoms with Crippen LogP contribution in [-0.2, 0) is 16.1 Å². The first-order valence-corrected chi connectivity index (χ1v) is 9.29. The fourth-order valence-electron chi connectivity index (χ4n) is 2.51. The highest BCUT2D eigenvalue weighted by Gasteiger charge is 2.14. The Kier molecular flexibility index (Phi) is 10.1. The van der Waals surface area contributed by atoms with Crippen LogP contribution < -0.4 is 9.47 Å². The van der Waals surface area contributed by atoms with Gasteiger partial charge in [-0.25, -0.2) is 0 Å². The van der Waals surface area contributed by atoms with Crippen molar-refractivity contribution in [2.75, 3.05) is 47.5 Å². The standard InChI is InChI=1S/C20H34N2O5/c1-7-26-20(24)13-21(4)11-16-8-9-18(19(10-16)25-6)27-14-17(23)12-22(5)15(2)3/h8-10,15,17,23H,7,11-14H2,1-6H3. The quantitative estimate of drug-likeness (QED) is 0.553. The van der Waals surface area contributed by atoms with Gasteiger partial charge in [0.1, 0.15) is 12.7 Å². The Bertz CT molecular complexity index is 579. The summed E-state index contributed by atoms with van der Waals surface area (Å²) in [6, 6.07) is 5.99. The highest BCUT2D eigenvalue weighted by atomic mass is 16.5. The number of aliphatic hydroxyl groups is 1.